The number of carbonyl (C=O) groups is 1. The molecule has 12 heavy (non-hydrogen) atoms. The predicted molar refractivity (Wildman–Crippen MR) is 51.5 cm³/mol. The molecular formula is C8H18ClNO2. The van der Waals surface area contributed by atoms with E-state index in [0.29, 0.717) is 12.3 Å². The first kappa shape index (κ1) is 14.3. The molecule has 0 radical (unpaired) electrons. The lowest BCUT2D eigenvalue weighted by Crippen LogP contribution is -2.30. The molecule has 2 unspecified atom stereocenters. The molecule has 0 rings (SSSR count). The van der Waals surface area contributed by atoms with Crippen LogP contribution < -0.4 is 5.73 Å². The molecule has 0 amide bonds. The van der Waals surface area contributed by atoms with Crippen LogP contribution in [0.1, 0.15) is 33.1 Å². The van der Waals surface area contributed by atoms with Crippen molar-refractivity contribution in [1.29, 1.82) is 0 Å². The highest BCUT2D eigenvalue weighted by Gasteiger charge is 2.11. The first-order valence-corrected chi connectivity index (χ1v) is 4.06. The third-order valence-corrected chi connectivity index (χ3v) is 1.98. The maximum absolute atomic E-state index is 10.3. The summed E-state index contributed by atoms with van der Waals surface area (Å²) in [5.74, 6) is -0.311. The monoisotopic (exact) mass is 195 g/mol. The lowest BCUT2D eigenvalue weighted by atomic mass is 10.00. The van der Waals surface area contributed by atoms with E-state index in [-0.39, 0.29) is 12.4 Å². The van der Waals surface area contributed by atoms with Gasteiger partial charge in [-0.15, -0.1) is 12.4 Å². The second-order valence-corrected chi connectivity index (χ2v) is 3.04. The van der Waals surface area contributed by atoms with E-state index >= 15 is 0 Å². The van der Waals surface area contributed by atoms with Crippen molar-refractivity contribution < 1.29 is 9.90 Å². The summed E-state index contributed by atoms with van der Waals surface area (Å²) in [6, 6.07) is -0.677. The molecule has 0 aromatic heterocycles. The summed E-state index contributed by atoms with van der Waals surface area (Å²) in [6.07, 6.45) is 2.58. The van der Waals surface area contributed by atoms with Crippen molar-refractivity contribution >= 4 is 18.4 Å². The van der Waals surface area contributed by atoms with Crippen molar-refractivity contribution in [2.45, 2.75) is 39.2 Å². The molecule has 3 N–H and O–H groups in total. The average Bonchev–Trinajstić information content (AvgIpc) is 1.99. The van der Waals surface area contributed by atoms with Crippen LogP contribution in [-0.4, -0.2) is 17.1 Å². The van der Waals surface area contributed by atoms with Gasteiger partial charge in [0.25, 0.3) is 0 Å². The summed E-state index contributed by atoms with van der Waals surface area (Å²) in [7, 11) is 0. The van der Waals surface area contributed by atoms with Crippen LogP contribution in [0.5, 0.6) is 0 Å². The molecule has 3 nitrogen and oxygen atoms in total. The van der Waals surface area contributed by atoms with Crippen LogP contribution >= 0.6 is 12.4 Å². The molecule has 0 aromatic rings. The molecule has 0 fully saturated rings. The first-order valence-electron chi connectivity index (χ1n) is 4.06. The van der Waals surface area contributed by atoms with Crippen LogP contribution in [0.25, 0.3) is 0 Å². The van der Waals surface area contributed by atoms with Crippen LogP contribution in [0.4, 0.5) is 0 Å². The molecule has 74 valence electrons. The molecule has 0 saturated heterocycles. The minimum atomic E-state index is -0.895. The van der Waals surface area contributed by atoms with E-state index in [1.165, 1.54) is 0 Å². The van der Waals surface area contributed by atoms with E-state index in [0.717, 1.165) is 12.8 Å². The summed E-state index contributed by atoms with van der Waals surface area (Å²) < 4.78 is 0. The lowest BCUT2D eigenvalue weighted by molar-refractivity contribution is -0.138. The second kappa shape index (κ2) is 7.37. The van der Waals surface area contributed by atoms with Crippen LogP contribution in [-0.2, 0) is 4.79 Å². The molecule has 0 aliphatic heterocycles. The topological polar surface area (TPSA) is 63.3 Å². The van der Waals surface area contributed by atoms with Gasteiger partial charge >= 0.3 is 5.97 Å². The van der Waals surface area contributed by atoms with Crippen molar-refractivity contribution in [3.63, 3.8) is 0 Å². The molecule has 0 aliphatic rings. The fourth-order valence-electron chi connectivity index (χ4n) is 0.792. The Morgan fingerprint density at radius 1 is 1.50 bits per heavy atom. The zero-order valence-electron chi connectivity index (χ0n) is 7.62. The van der Waals surface area contributed by atoms with Gasteiger partial charge in [-0.25, -0.2) is 0 Å². The Kier molecular flexibility index (Phi) is 8.76. The maximum Gasteiger partial charge on any atom is 0.320 e. The Morgan fingerprint density at radius 2 is 2.00 bits per heavy atom. The Hall–Kier alpha value is -0.280. The normalized spacial score (nSPS) is 14.6. The summed E-state index contributed by atoms with van der Waals surface area (Å²) in [6.45, 7) is 4.20. The lowest BCUT2D eigenvalue weighted by Gasteiger charge is -2.09. The van der Waals surface area contributed by atoms with Crippen molar-refractivity contribution in [3.8, 4) is 0 Å². The van der Waals surface area contributed by atoms with Gasteiger partial charge in [-0.1, -0.05) is 20.3 Å². The van der Waals surface area contributed by atoms with Crippen molar-refractivity contribution in [2.75, 3.05) is 0 Å². The highest BCUT2D eigenvalue weighted by atomic mass is 35.5. The minimum Gasteiger partial charge on any atom is -0.480 e. The molecule has 0 bridgehead atoms. The Morgan fingerprint density at radius 3 is 2.33 bits per heavy atom. The SMILES string of the molecule is CCC(C)CCC(N)C(=O)O.Cl. The number of nitrogens with two attached hydrogens (primary N) is 1. The van der Waals surface area contributed by atoms with Crippen molar-refractivity contribution in [2.24, 2.45) is 11.7 Å². The average molecular weight is 196 g/mol. The number of carboxylic acids is 1. The number of hydrogen-bond acceptors (Lipinski definition) is 2. The first-order chi connectivity index (χ1) is 5.07. The molecule has 0 saturated carbocycles. The van der Waals surface area contributed by atoms with E-state index in [2.05, 4.69) is 13.8 Å². The van der Waals surface area contributed by atoms with Crippen LogP contribution in [0.3, 0.4) is 0 Å². The third-order valence-electron chi connectivity index (χ3n) is 1.98. The van der Waals surface area contributed by atoms with E-state index in [1.54, 1.807) is 0 Å². The molecule has 0 spiro atoms. The maximum atomic E-state index is 10.3. The fourth-order valence-corrected chi connectivity index (χ4v) is 0.792. The molecule has 4 heteroatoms. The second-order valence-electron chi connectivity index (χ2n) is 3.04. The molecule has 0 aliphatic carbocycles. The van der Waals surface area contributed by atoms with Gasteiger partial charge < -0.3 is 10.8 Å². The number of hydrogen-bond donors (Lipinski definition) is 2. The Balaban J connectivity index is 0. The Labute approximate surface area is 79.7 Å². The summed E-state index contributed by atoms with van der Waals surface area (Å²) in [5, 5.41) is 8.44. The standard InChI is InChI=1S/C8H17NO2.ClH/c1-3-6(2)4-5-7(9)8(10)11;/h6-7H,3-5,9H2,1-2H3,(H,10,11);1H. The van der Waals surface area contributed by atoms with E-state index in [4.69, 9.17) is 10.8 Å². The van der Waals surface area contributed by atoms with Gasteiger partial charge in [-0.2, -0.15) is 0 Å². The summed E-state index contributed by atoms with van der Waals surface area (Å²) in [4.78, 5) is 10.3. The van der Waals surface area contributed by atoms with Gasteiger partial charge in [0.05, 0.1) is 0 Å². The van der Waals surface area contributed by atoms with Crippen LogP contribution in [0, 0.1) is 5.92 Å². The van der Waals surface area contributed by atoms with Gasteiger partial charge in [0.2, 0.25) is 0 Å². The van der Waals surface area contributed by atoms with Gasteiger partial charge in [-0.3, -0.25) is 4.79 Å². The van der Waals surface area contributed by atoms with E-state index in [1.807, 2.05) is 0 Å². The fraction of sp³-hybridized carbons (Fsp3) is 0.875. The summed E-state index contributed by atoms with van der Waals surface area (Å²) >= 11 is 0. The van der Waals surface area contributed by atoms with Gasteiger partial charge in [-0.05, 0) is 18.8 Å². The number of rotatable bonds is 5. The van der Waals surface area contributed by atoms with E-state index < -0.39 is 12.0 Å². The van der Waals surface area contributed by atoms with Crippen molar-refractivity contribution in [1.82, 2.24) is 0 Å². The largest absolute Gasteiger partial charge is 0.480 e. The highest BCUT2D eigenvalue weighted by molar-refractivity contribution is 5.85. The molecule has 2 atom stereocenters. The van der Waals surface area contributed by atoms with Gasteiger partial charge in [0, 0.05) is 0 Å². The molecule has 0 heterocycles. The zero-order valence-corrected chi connectivity index (χ0v) is 8.43. The van der Waals surface area contributed by atoms with Crippen LogP contribution in [0.15, 0.2) is 0 Å². The number of aliphatic carboxylic acids is 1. The smallest absolute Gasteiger partial charge is 0.320 e. The third kappa shape index (κ3) is 6.43. The number of halogens is 1. The van der Waals surface area contributed by atoms with Crippen LogP contribution in [0.2, 0.25) is 0 Å². The number of carboxylic acid groups (broad SMARTS) is 1. The van der Waals surface area contributed by atoms with Crippen molar-refractivity contribution in [3.05, 3.63) is 0 Å². The van der Waals surface area contributed by atoms with Gasteiger partial charge in [0.1, 0.15) is 6.04 Å². The minimum absolute atomic E-state index is 0. The molecule has 0 aromatic carbocycles. The highest BCUT2D eigenvalue weighted by Crippen LogP contribution is 2.10. The van der Waals surface area contributed by atoms with E-state index in [9.17, 15) is 4.79 Å². The van der Waals surface area contributed by atoms with Gasteiger partial charge in [0.15, 0.2) is 0 Å². The zero-order chi connectivity index (χ0) is 8.85. The Bertz CT molecular complexity index is 130. The summed E-state index contributed by atoms with van der Waals surface area (Å²) in [5.41, 5.74) is 5.32. The predicted octanol–water partition coefficient (Wildman–Crippen LogP) is 1.65. The molecular weight excluding hydrogens is 178 g/mol. The quantitative estimate of drug-likeness (QED) is 0.701.